The summed E-state index contributed by atoms with van der Waals surface area (Å²) in [5.41, 5.74) is 3.52. The Balaban J connectivity index is 1.72. The lowest BCUT2D eigenvalue weighted by molar-refractivity contribution is -0.123. The minimum atomic E-state index is 0.0992. The minimum Gasteiger partial charge on any atom is -0.494 e. The Morgan fingerprint density at radius 1 is 0.917 bits per heavy atom. The third kappa shape index (κ3) is 3.69. The largest absolute Gasteiger partial charge is 0.494 e. The van der Waals surface area contributed by atoms with Crippen molar-refractivity contribution in [3.63, 3.8) is 0 Å². The summed E-state index contributed by atoms with van der Waals surface area (Å²) in [7, 11) is 0. The standard InChI is InChI=1S/C22H26O2/c1-3-16-5-14-21(22(23)15-16)19-8-6-17(7-9-19)18-10-12-20(13-11-18)24-4-2/h6-13,16,21H,3-5,14-15H2,1-2H3/t16-,21+/m0/s1. The molecular weight excluding hydrogens is 296 g/mol. The Labute approximate surface area is 144 Å². The molecule has 0 heterocycles. The minimum absolute atomic E-state index is 0.0992. The highest BCUT2D eigenvalue weighted by atomic mass is 16.5. The molecule has 126 valence electrons. The molecule has 1 saturated carbocycles. The zero-order valence-electron chi connectivity index (χ0n) is 14.6. The number of ketones is 1. The zero-order valence-corrected chi connectivity index (χ0v) is 14.6. The van der Waals surface area contributed by atoms with Crippen molar-refractivity contribution in [3.05, 3.63) is 54.1 Å². The molecule has 1 aliphatic carbocycles. The molecule has 0 unspecified atom stereocenters. The maximum Gasteiger partial charge on any atom is 0.140 e. The number of rotatable bonds is 5. The zero-order chi connectivity index (χ0) is 16.9. The summed E-state index contributed by atoms with van der Waals surface area (Å²) >= 11 is 0. The summed E-state index contributed by atoms with van der Waals surface area (Å²) in [4.78, 5) is 12.4. The number of carbonyl (C=O) groups is 1. The lowest BCUT2D eigenvalue weighted by atomic mass is 9.77. The van der Waals surface area contributed by atoms with E-state index in [1.807, 2.05) is 19.1 Å². The van der Waals surface area contributed by atoms with Crippen LogP contribution in [-0.4, -0.2) is 12.4 Å². The van der Waals surface area contributed by atoms with Gasteiger partial charge in [0.1, 0.15) is 11.5 Å². The van der Waals surface area contributed by atoms with Crippen LogP contribution in [0, 0.1) is 5.92 Å². The van der Waals surface area contributed by atoms with Crippen molar-refractivity contribution in [2.24, 2.45) is 5.92 Å². The van der Waals surface area contributed by atoms with Gasteiger partial charge in [0.05, 0.1) is 6.61 Å². The van der Waals surface area contributed by atoms with Gasteiger partial charge in [0.25, 0.3) is 0 Å². The van der Waals surface area contributed by atoms with Crippen LogP contribution in [0.3, 0.4) is 0 Å². The van der Waals surface area contributed by atoms with Crippen LogP contribution in [0.25, 0.3) is 11.1 Å². The molecule has 0 saturated heterocycles. The molecule has 1 fully saturated rings. The van der Waals surface area contributed by atoms with Gasteiger partial charge in [-0.1, -0.05) is 49.7 Å². The van der Waals surface area contributed by atoms with E-state index in [4.69, 9.17) is 4.74 Å². The van der Waals surface area contributed by atoms with E-state index >= 15 is 0 Å². The lowest BCUT2D eigenvalue weighted by Crippen LogP contribution is -2.23. The van der Waals surface area contributed by atoms with Crippen molar-refractivity contribution in [2.45, 2.75) is 45.4 Å². The van der Waals surface area contributed by atoms with E-state index in [1.54, 1.807) is 0 Å². The number of carbonyl (C=O) groups excluding carboxylic acids is 1. The van der Waals surface area contributed by atoms with E-state index in [9.17, 15) is 4.79 Å². The van der Waals surface area contributed by atoms with Gasteiger partial charge in [0.2, 0.25) is 0 Å². The van der Waals surface area contributed by atoms with Gasteiger partial charge in [0.15, 0.2) is 0 Å². The van der Waals surface area contributed by atoms with Crippen LogP contribution in [0.2, 0.25) is 0 Å². The maximum absolute atomic E-state index is 12.4. The molecule has 2 aromatic rings. The average molecular weight is 322 g/mol. The third-order valence-corrected chi connectivity index (χ3v) is 5.13. The Bertz CT molecular complexity index is 670. The van der Waals surface area contributed by atoms with Gasteiger partial charge in [0, 0.05) is 12.3 Å². The Morgan fingerprint density at radius 3 is 2.08 bits per heavy atom. The highest BCUT2D eigenvalue weighted by molar-refractivity contribution is 5.86. The van der Waals surface area contributed by atoms with E-state index < -0.39 is 0 Å². The van der Waals surface area contributed by atoms with Crippen molar-refractivity contribution < 1.29 is 9.53 Å². The first-order chi connectivity index (χ1) is 11.7. The number of benzene rings is 2. The number of Topliss-reactive ketones (excluding diaryl/α,β-unsaturated/α-hetero) is 1. The van der Waals surface area contributed by atoms with Gasteiger partial charge in [-0.05, 0) is 54.5 Å². The molecule has 0 N–H and O–H groups in total. The van der Waals surface area contributed by atoms with Crippen molar-refractivity contribution in [1.29, 1.82) is 0 Å². The fourth-order valence-corrected chi connectivity index (χ4v) is 3.61. The highest BCUT2D eigenvalue weighted by Crippen LogP contribution is 2.35. The Kier molecular flexibility index (Phi) is 5.34. The Hall–Kier alpha value is -2.09. The van der Waals surface area contributed by atoms with Gasteiger partial charge in [-0.15, -0.1) is 0 Å². The third-order valence-electron chi connectivity index (χ3n) is 5.13. The van der Waals surface area contributed by atoms with Crippen molar-refractivity contribution in [2.75, 3.05) is 6.61 Å². The molecule has 0 spiro atoms. The van der Waals surface area contributed by atoms with Crippen LogP contribution < -0.4 is 4.74 Å². The summed E-state index contributed by atoms with van der Waals surface area (Å²) in [5.74, 6) is 2.01. The molecule has 2 atom stereocenters. The fourth-order valence-electron chi connectivity index (χ4n) is 3.61. The maximum atomic E-state index is 12.4. The van der Waals surface area contributed by atoms with Crippen LogP contribution >= 0.6 is 0 Å². The summed E-state index contributed by atoms with van der Waals surface area (Å²) in [5, 5.41) is 0. The second kappa shape index (κ2) is 7.65. The van der Waals surface area contributed by atoms with Crippen molar-refractivity contribution >= 4 is 5.78 Å². The van der Waals surface area contributed by atoms with Crippen LogP contribution in [0.4, 0.5) is 0 Å². The molecule has 3 rings (SSSR count). The lowest BCUT2D eigenvalue weighted by Gasteiger charge is -2.27. The smallest absolute Gasteiger partial charge is 0.140 e. The first-order valence-electron chi connectivity index (χ1n) is 9.07. The highest BCUT2D eigenvalue weighted by Gasteiger charge is 2.28. The predicted molar refractivity (Wildman–Crippen MR) is 98.4 cm³/mol. The molecule has 2 heteroatoms. The van der Waals surface area contributed by atoms with E-state index in [0.717, 1.165) is 25.0 Å². The van der Waals surface area contributed by atoms with Gasteiger partial charge in [-0.3, -0.25) is 4.79 Å². The molecule has 0 bridgehead atoms. The second-order valence-corrected chi connectivity index (χ2v) is 6.65. The molecular formula is C22H26O2. The summed E-state index contributed by atoms with van der Waals surface area (Å²) in [6.45, 7) is 4.86. The van der Waals surface area contributed by atoms with Gasteiger partial charge >= 0.3 is 0 Å². The topological polar surface area (TPSA) is 26.3 Å². The van der Waals surface area contributed by atoms with E-state index in [0.29, 0.717) is 18.3 Å². The summed E-state index contributed by atoms with van der Waals surface area (Å²) in [6.07, 6.45) is 4.05. The number of hydrogen-bond donors (Lipinski definition) is 0. The molecule has 0 radical (unpaired) electrons. The van der Waals surface area contributed by atoms with Crippen molar-refractivity contribution in [3.8, 4) is 16.9 Å². The van der Waals surface area contributed by atoms with E-state index in [2.05, 4.69) is 43.3 Å². The van der Waals surface area contributed by atoms with E-state index in [-0.39, 0.29) is 5.92 Å². The van der Waals surface area contributed by atoms with Crippen LogP contribution in [0.5, 0.6) is 5.75 Å². The normalized spacial score (nSPS) is 20.8. The molecule has 0 aromatic heterocycles. The molecule has 24 heavy (non-hydrogen) atoms. The predicted octanol–water partition coefficient (Wildman–Crippen LogP) is 5.62. The van der Waals surface area contributed by atoms with Crippen molar-refractivity contribution in [1.82, 2.24) is 0 Å². The Morgan fingerprint density at radius 2 is 1.54 bits per heavy atom. The average Bonchev–Trinajstić information content (AvgIpc) is 2.63. The first-order valence-corrected chi connectivity index (χ1v) is 9.07. The molecule has 0 aliphatic heterocycles. The quantitative estimate of drug-likeness (QED) is 0.714. The first kappa shape index (κ1) is 16.8. The fraction of sp³-hybridized carbons (Fsp3) is 0.409. The molecule has 2 nitrogen and oxygen atoms in total. The molecule has 1 aliphatic rings. The number of ether oxygens (including phenoxy) is 1. The summed E-state index contributed by atoms with van der Waals surface area (Å²) in [6, 6.07) is 16.7. The monoisotopic (exact) mass is 322 g/mol. The van der Waals surface area contributed by atoms with Crippen LogP contribution in [-0.2, 0) is 4.79 Å². The van der Waals surface area contributed by atoms with Gasteiger partial charge in [-0.2, -0.15) is 0 Å². The van der Waals surface area contributed by atoms with Crippen LogP contribution in [0.1, 0.15) is 51.0 Å². The van der Waals surface area contributed by atoms with Gasteiger partial charge < -0.3 is 4.74 Å². The SMILES string of the molecule is CCOc1ccc(-c2ccc([C@H]3CC[C@H](CC)CC3=O)cc2)cc1. The molecule has 0 amide bonds. The second-order valence-electron chi connectivity index (χ2n) is 6.65. The molecule has 2 aromatic carbocycles. The van der Waals surface area contributed by atoms with Crippen LogP contribution in [0.15, 0.2) is 48.5 Å². The summed E-state index contributed by atoms with van der Waals surface area (Å²) < 4.78 is 5.49. The number of hydrogen-bond acceptors (Lipinski definition) is 2. The van der Waals surface area contributed by atoms with Gasteiger partial charge in [-0.25, -0.2) is 0 Å². The van der Waals surface area contributed by atoms with E-state index in [1.165, 1.54) is 23.1 Å².